The smallest absolute Gasteiger partial charge is 0.123 e. The highest BCUT2D eigenvalue weighted by molar-refractivity contribution is 7.16. The molecule has 2 aromatic rings. The summed E-state index contributed by atoms with van der Waals surface area (Å²) in [7, 11) is 0. The van der Waals surface area contributed by atoms with Crippen molar-refractivity contribution in [3.63, 3.8) is 0 Å². The number of imidazole rings is 1. The number of nitrogens with one attached hydrogen (secondary N) is 2. The van der Waals surface area contributed by atoms with Crippen molar-refractivity contribution in [2.24, 2.45) is 0 Å². The maximum absolute atomic E-state index is 5.88. The summed E-state index contributed by atoms with van der Waals surface area (Å²) in [5.74, 6) is 0.991. The average molecular weight is 256 g/mol. The lowest BCUT2D eigenvalue weighted by molar-refractivity contribution is 0.500. The van der Waals surface area contributed by atoms with Crippen molar-refractivity contribution in [2.75, 3.05) is 0 Å². The van der Waals surface area contributed by atoms with E-state index in [4.69, 9.17) is 11.6 Å². The van der Waals surface area contributed by atoms with Crippen LogP contribution in [-0.4, -0.2) is 9.97 Å². The Hall–Kier alpha value is -0.840. The number of rotatable bonds is 5. The summed E-state index contributed by atoms with van der Waals surface area (Å²) in [4.78, 5) is 8.64. The molecule has 0 aliphatic rings. The predicted octanol–water partition coefficient (Wildman–Crippen LogP) is 3.37. The van der Waals surface area contributed by atoms with E-state index in [0.717, 1.165) is 23.1 Å². The second-order valence-electron chi connectivity index (χ2n) is 3.52. The molecule has 2 N–H and O–H groups in total. The number of halogens is 1. The number of nitrogens with zero attached hydrogens (tertiary/aromatic N) is 1. The highest BCUT2D eigenvalue weighted by atomic mass is 35.5. The third kappa shape index (κ3) is 2.84. The molecule has 0 amide bonds. The number of aromatic nitrogens is 2. The SMILES string of the molecule is CCC(NCc1ccc(Cl)s1)c1ncc[nH]1. The maximum atomic E-state index is 5.88. The van der Waals surface area contributed by atoms with Gasteiger partial charge in [0, 0.05) is 23.8 Å². The standard InChI is InChI=1S/C11H14ClN3S/c1-2-9(11-13-5-6-14-11)15-7-8-3-4-10(12)16-8/h3-6,9,15H,2,7H2,1H3,(H,13,14). The van der Waals surface area contributed by atoms with Gasteiger partial charge in [-0.25, -0.2) is 4.98 Å². The first-order valence-electron chi connectivity index (χ1n) is 5.26. The van der Waals surface area contributed by atoms with Crippen LogP contribution >= 0.6 is 22.9 Å². The van der Waals surface area contributed by atoms with Crippen LogP contribution in [0.1, 0.15) is 30.1 Å². The van der Waals surface area contributed by atoms with E-state index in [1.54, 1.807) is 17.5 Å². The zero-order valence-electron chi connectivity index (χ0n) is 9.03. The summed E-state index contributed by atoms with van der Waals surface area (Å²) in [6, 6.07) is 4.25. The van der Waals surface area contributed by atoms with Gasteiger partial charge in [-0.15, -0.1) is 11.3 Å². The van der Waals surface area contributed by atoms with Gasteiger partial charge in [0.1, 0.15) is 5.82 Å². The minimum atomic E-state index is 0.274. The number of thiophene rings is 1. The van der Waals surface area contributed by atoms with Crippen LogP contribution in [0.25, 0.3) is 0 Å². The molecule has 5 heteroatoms. The zero-order chi connectivity index (χ0) is 11.4. The fraction of sp³-hybridized carbons (Fsp3) is 0.364. The van der Waals surface area contributed by atoms with E-state index in [2.05, 4.69) is 28.3 Å². The van der Waals surface area contributed by atoms with E-state index in [-0.39, 0.29) is 6.04 Å². The normalized spacial score (nSPS) is 12.9. The first-order chi connectivity index (χ1) is 7.79. The molecule has 0 aromatic carbocycles. The van der Waals surface area contributed by atoms with Crippen LogP contribution in [0.4, 0.5) is 0 Å². The van der Waals surface area contributed by atoms with Crippen molar-refractivity contribution in [3.8, 4) is 0 Å². The van der Waals surface area contributed by atoms with Gasteiger partial charge in [0.15, 0.2) is 0 Å². The topological polar surface area (TPSA) is 40.7 Å². The summed E-state index contributed by atoms with van der Waals surface area (Å²) in [5, 5.41) is 3.46. The van der Waals surface area contributed by atoms with Gasteiger partial charge in [-0.2, -0.15) is 0 Å². The molecule has 2 aromatic heterocycles. The lowest BCUT2D eigenvalue weighted by Gasteiger charge is -2.13. The zero-order valence-corrected chi connectivity index (χ0v) is 10.6. The average Bonchev–Trinajstić information content (AvgIpc) is 2.91. The van der Waals surface area contributed by atoms with Gasteiger partial charge in [0.25, 0.3) is 0 Å². The molecule has 2 rings (SSSR count). The molecule has 2 heterocycles. The Bertz CT molecular complexity index is 424. The molecule has 0 spiro atoms. The van der Waals surface area contributed by atoms with Gasteiger partial charge in [0.05, 0.1) is 10.4 Å². The van der Waals surface area contributed by atoms with Crippen LogP contribution in [0.5, 0.6) is 0 Å². The quantitative estimate of drug-likeness (QED) is 0.860. The van der Waals surface area contributed by atoms with Gasteiger partial charge in [0.2, 0.25) is 0 Å². The Labute approximate surface area is 104 Å². The molecule has 0 fully saturated rings. The molecular formula is C11H14ClN3S. The Kier molecular flexibility index (Phi) is 3.98. The molecule has 86 valence electrons. The molecule has 0 bridgehead atoms. The summed E-state index contributed by atoms with van der Waals surface area (Å²) in [6.45, 7) is 2.97. The van der Waals surface area contributed by atoms with E-state index in [0.29, 0.717) is 0 Å². The number of hydrogen-bond donors (Lipinski definition) is 2. The molecule has 3 nitrogen and oxygen atoms in total. The Balaban J connectivity index is 1.93. The van der Waals surface area contributed by atoms with Crippen molar-refractivity contribution >= 4 is 22.9 Å². The van der Waals surface area contributed by atoms with Gasteiger partial charge in [-0.05, 0) is 18.6 Å². The van der Waals surface area contributed by atoms with Gasteiger partial charge >= 0.3 is 0 Å². The van der Waals surface area contributed by atoms with Crippen molar-refractivity contribution in [1.82, 2.24) is 15.3 Å². The maximum Gasteiger partial charge on any atom is 0.123 e. The van der Waals surface area contributed by atoms with Crippen LogP contribution in [0, 0.1) is 0 Å². The number of aromatic amines is 1. The van der Waals surface area contributed by atoms with E-state index >= 15 is 0 Å². The van der Waals surface area contributed by atoms with E-state index in [9.17, 15) is 0 Å². The molecule has 1 atom stereocenters. The van der Waals surface area contributed by atoms with E-state index in [1.807, 2.05) is 12.3 Å². The van der Waals surface area contributed by atoms with Crippen LogP contribution in [0.2, 0.25) is 4.34 Å². The molecular weight excluding hydrogens is 242 g/mol. The lowest BCUT2D eigenvalue weighted by atomic mass is 10.2. The molecule has 0 aliphatic carbocycles. The second-order valence-corrected chi connectivity index (χ2v) is 5.32. The Morgan fingerprint density at radius 1 is 1.56 bits per heavy atom. The molecule has 0 radical (unpaired) electrons. The highest BCUT2D eigenvalue weighted by Gasteiger charge is 2.10. The minimum Gasteiger partial charge on any atom is -0.347 e. The summed E-state index contributed by atoms with van der Waals surface area (Å²) >= 11 is 7.49. The van der Waals surface area contributed by atoms with Gasteiger partial charge in [-0.3, -0.25) is 0 Å². The molecule has 16 heavy (non-hydrogen) atoms. The molecule has 1 unspecified atom stereocenters. The van der Waals surface area contributed by atoms with Crippen molar-refractivity contribution < 1.29 is 0 Å². The monoisotopic (exact) mass is 255 g/mol. The first kappa shape index (κ1) is 11.6. The first-order valence-corrected chi connectivity index (χ1v) is 6.46. The largest absolute Gasteiger partial charge is 0.347 e. The van der Waals surface area contributed by atoms with Crippen molar-refractivity contribution in [2.45, 2.75) is 25.9 Å². The fourth-order valence-electron chi connectivity index (χ4n) is 1.57. The number of H-pyrrole nitrogens is 1. The minimum absolute atomic E-state index is 0.274. The Morgan fingerprint density at radius 2 is 2.44 bits per heavy atom. The van der Waals surface area contributed by atoms with Crippen molar-refractivity contribution in [1.29, 1.82) is 0 Å². The van der Waals surface area contributed by atoms with Crippen LogP contribution in [-0.2, 0) is 6.54 Å². The van der Waals surface area contributed by atoms with Crippen LogP contribution < -0.4 is 5.32 Å². The number of hydrogen-bond acceptors (Lipinski definition) is 3. The second kappa shape index (κ2) is 5.48. The third-order valence-corrected chi connectivity index (χ3v) is 3.64. The summed E-state index contributed by atoms with van der Waals surface area (Å²) < 4.78 is 0.836. The van der Waals surface area contributed by atoms with Gasteiger partial charge in [-0.1, -0.05) is 18.5 Å². The van der Waals surface area contributed by atoms with Crippen LogP contribution in [0.3, 0.4) is 0 Å². The van der Waals surface area contributed by atoms with E-state index in [1.165, 1.54) is 4.88 Å². The summed E-state index contributed by atoms with van der Waals surface area (Å²) in [6.07, 6.45) is 4.63. The highest BCUT2D eigenvalue weighted by Crippen LogP contribution is 2.22. The molecule has 0 saturated heterocycles. The molecule has 0 aliphatic heterocycles. The fourth-order valence-corrected chi connectivity index (χ4v) is 2.61. The van der Waals surface area contributed by atoms with Crippen molar-refractivity contribution in [3.05, 3.63) is 39.6 Å². The summed E-state index contributed by atoms with van der Waals surface area (Å²) in [5.41, 5.74) is 0. The Morgan fingerprint density at radius 3 is 3.00 bits per heavy atom. The predicted molar refractivity (Wildman–Crippen MR) is 67.8 cm³/mol. The third-order valence-electron chi connectivity index (χ3n) is 2.41. The van der Waals surface area contributed by atoms with Gasteiger partial charge < -0.3 is 10.3 Å². The molecule has 0 saturated carbocycles. The van der Waals surface area contributed by atoms with E-state index < -0.39 is 0 Å². The lowest BCUT2D eigenvalue weighted by Crippen LogP contribution is -2.20. The van der Waals surface area contributed by atoms with Crippen LogP contribution in [0.15, 0.2) is 24.5 Å².